The largest absolute Gasteiger partial charge is 0.329 e. The van der Waals surface area contributed by atoms with Gasteiger partial charge in [0.15, 0.2) is 0 Å². The Morgan fingerprint density at radius 1 is 1.33 bits per heavy atom. The summed E-state index contributed by atoms with van der Waals surface area (Å²) >= 11 is 3.46. The van der Waals surface area contributed by atoms with Gasteiger partial charge in [-0.15, -0.1) is 0 Å². The van der Waals surface area contributed by atoms with E-state index in [0.29, 0.717) is 6.54 Å². The predicted molar refractivity (Wildman–Crippen MR) is 74.5 cm³/mol. The predicted octanol–water partition coefficient (Wildman–Crippen LogP) is 2.58. The molecule has 1 aliphatic rings. The van der Waals surface area contributed by atoms with E-state index in [1.807, 2.05) is 0 Å². The van der Waals surface area contributed by atoms with E-state index in [1.54, 1.807) is 12.1 Å². The molecule has 1 heterocycles. The Kier molecular flexibility index (Phi) is 5.12. The summed E-state index contributed by atoms with van der Waals surface area (Å²) in [6.07, 6.45) is 3.69. The summed E-state index contributed by atoms with van der Waals surface area (Å²) in [5, 5.41) is 2.19. The van der Waals surface area contributed by atoms with Gasteiger partial charge in [-0.3, -0.25) is 0 Å². The molecule has 1 fully saturated rings. The molecule has 1 atom stereocenters. The average molecular weight is 316 g/mol. The van der Waals surface area contributed by atoms with Gasteiger partial charge >= 0.3 is 0 Å². The molecule has 18 heavy (non-hydrogen) atoms. The van der Waals surface area contributed by atoms with Gasteiger partial charge < -0.3 is 5.73 Å². The lowest BCUT2D eigenvalue weighted by atomic mass is 10.1. The lowest BCUT2D eigenvalue weighted by molar-refractivity contribution is 0.130. The van der Waals surface area contributed by atoms with Crippen LogP contribution in [0.15, 0.2) is 22.7 Å². The van der Waals surface area contributed by atoms with Crippen LogP contribution in [0.4, 0.5) is 4.39 Å². The van der Waals surface area contributed by atoms with Gasteiger partial charge in [0.1, 0.15) is 5.82 Å². The molecule has 0 aromatic heterocycles. The Labute approximate surface area is 116 Å². The topological polar surface area (TPSA) is 41.3 Å². The fraction of sp³-hybridized carbons (Fsp3) is 0.538. The standard InChI is InChI=1S/C13H19BrFN3/c14-12-5-4-10(15)8-11(12)13(9-16)17-18-6-2-1-3-7-18/h4-5,8,13,17H,1-3,6-7,9,16H2. The van der Waals surface area contributed by atoms with E-state index in [-0.39, 0.29) is 11.9 Å². The van der Waals surface area contributed by atoms with Crippen LogP contribution >= 0.6 is 15.9 Å². The highest BCUT2D eigenvalue weighted by Crippen LogP contribution is 2.24. The fourth-order valence-electron chi connectivity index (χ4n) is 2.27. The van der Waals surface area contributed by atoms with Crippen molar-refractivity contribution in [3.05, 3.63) is 34.1 Å². The molecular weight excluding hydrogens is 297 g/mol. The summed E-state index contributed by atoms with van der Waals surface area (Å²) in [5.74, 6) is -0.230. The van der Waals surface area contributed by atoms with Gasteiger partial charge in [0.05, 0.1) is 6.04 Å². The molecule has 1 aliphatic heterocycles. The van der Waals surface area contributed by atoms with Crippen LogP contribution in [0.1, 0.15) is 30.9 Å². The fourth-order valence-corrected chi connectivity index (χ4v) is 2.80. The first-order chi connectivity index (χ1) is 8.70. The smallest absolute Gasteiger partial charge is 0.123 e. The van der Waals surface area contributed by atoms with Crippen LogP contribution in [0.25, 0.3) is 0 Å². The number of piperidine rings is 1. The van der Waals surface area contributed by atoms with E-state index in [2.05, 4.69) is 26.4 Å². The third-order valence-corrected chi connectivity index (χ3v) is 3.99. The summed E-state index contributed by atoms with van der Waals surface area (Å²) < 4.78 is 14.2. The molecule has 0 bridgehead atoms. The number of hydrogen-bond donors (Lipinski definition) is 2. The Bertz CT molecular complexity index is 394. The minimum atomic E-state index is -0.230. The molecule has 1 aromatic carbocycles. The molecule has 1 aromatic rings. The van der Waals surface area contributed by atoms with Crippen LogP contribution < -0.4 is 11.2 Å². The first kappa shape index (κ1) is 13.9. The molecule has 100 valence electrons. The van der Waals surface area contributed by atoms with E-state index in [4.69, 9.17) is 5.73 Å². The highest BCUT2D eigenvalue weighted by atomic mass is 79.9. The first-order valence-electron chi connectivity index (χ1n) is 6.37. The lowest BCUT2D eigenvalue weighted by Gasteiger charge is -2.31. The van der Waals surface area contributed by atoms with Crippen molar-refractivity contribution < 1.29 is 4.39 Å². The van der Waals surface area contributed by atoms with Crippen LogP contribution in [0.3, 0.4) is 0 Å². The zero-order chi connectivity index (χ0) is 13.0. The minimum absolute atomic E-state index is 0.0480. The number of halogens is 2. The third kappa shape index (κ3) is 3.51. The van der Waals surface area contributed by atoms with E-state index >= 15 is 0 Å². The molecule has 1 saturated heterocycles. The summed E-state index contributed by atoms with van der Waals surface area (Å²) in [4.78, 5) is 0. The lowest BCUT2D eigenvalue weighted by Crippen LogP contribution is -2.45. The summed E-state index contributed by atoms with van der Waals surface area (Å²) in [5.41, 5.74) is 10.1. The van der Waals surface area contributed by atoms with Gasteiger partial charge in [0.2, 0.25) is 0 Å². The summed E-state index contributed by atoms with van der Waals surface area (Å²) in [7, 11) is 0. The molecule has 0 radical (unpaired) electrons. The van der Waals surface area contributed by atoms with Crippen LogP contribution in [0.5, 0.6) is 0 Å². The Morgan fingerprint density at radius 2 is 2.06 bits per heavy atom. The van der Waals surface area contributed by atoms with Crippen LogP contribution in [-0.4, -0.2) is 24.6 Å². The number of nitrogens with two attached hydrogens (primary N) is 1. The monoisotopic (exact) mass is 315 g/mol. The summed E-state index contributed by atoms with van der Waals surface area (Å²) in [6, 6.07) is 4.67. The second kappa shape index (κ2) is 6.61. The quantitative estimate of drug-likeness (QED) is 0.897. The molecule has 1 unspecified atom stereocenters. The molecule has 3 N–H and O–H groups in total. The molecule has 0 saturated carbocycles. The Hall–Kier alpha value is -0.490. The van der Waals surface area contributed by atoms with Gasteiger partial charge in [-0.2, -0.15) is 0 Å². The zero-order valence-electron chi connectivity index (χ0n) is 10.3. The van der Waals surface area contributed by atoms with Crippen LogP contribution in [-0.2, 0) is 0 Å². The number of benzene rings is 1. The van der Waals surface area contributed by atoms with Crippen LogP contribution in [0, 0.1) is 5.82 Å². The highest BCUT2D eigenvalue weighted by Gasteiger charge is 2.18. The van der Waals surface area contributed by atoms with Gasteiger partial charge in [0, 0.05) is 24.1 Å². The van der Waals surface area contributed by atoms with Gasteiger partial charge in [-0.1, -0.05) is 22.4 Å². The number of hydrogen-bond acceptors (Lipinski definition) is 3. The van der Waals surface area contributed by atoms with Crippen molar-refractivity contribution in [2.75, 3.05) is 19.6 Å². The number of nitrogens with one attached hydrogen (secondary N) is 1. The third-order valence-electron chi connectivity index (χ3n) is 3.26. The van der Waals surface area contributed by atoms with Crippen molar-refractivity contribution in [1.29, 1.82) is 0 Å². The second-order valence-corrected chi connectivity index (χ2v) is 5.49. The van der Waals surface area contributed by atoms with E-state index in [9.17, 15) is 4.39 Å². The average Bonchev–Trinajstić information content (AvgIpc) is 2.40. The van der Waals surface area contributed by atoms with Gasteiger partial charge in [0.25, 0.3) is 0 Å². The van der Waals surface area contributed by atoms with Crippen LogP contribution in [0.2, 0.25) is 0 Å². The zero-order valence-corrected chi connectivity index (χ0v) is 11.9. The Morgan fingerprint density at radius 3 is 2.72 bits per heavy atom. The van der Waals surface area contributed by atoms with Crippen molar-refractivity contribution >= 4 is 15.9 Å². The maximum atomic E-state index is 13.3. The van der Waals surface area contributed by atoms with Crippen molar-refractivity contribution in [2.24, 2.45) is 5.73 Å². The SMILES string of the molecule is NCC(NN1CCCCC1)c1cc(F)ccc1Br. The van der Waals surface area contributed by atoms with Gasteiger partial charge in [-0.25, -0.2) is 14.8 Å². The molecular formula is C13H19BrFN3. The maximum Gasteiger partial charge on any atom is 0.123 e. The molecule has 0 spiro atoms. The molecule has 0 amide bonds. The number of nitrogens with zero attached hydrogens (tertiary/aromatic N) is 1. The second-order valence-electron chi connectivity index (χ2n) is 4.63. The summed E-state index contributed by atoms with van der Waals surface area (Å²) in [6.45, 7) is 2.51. The van der Waals surface area contributed by atoms with E-state index in [1.165, 1.54) is 25.3 Å². The van der Waals surface area contributed by atoms with E-state index < -0.39 is 0 Å². The Balaban J connectivity index is 2.09. The highest BCUT2D eigenvalue weighted by molar-refractivity contribution is 9.10. The maximum absolute atomic E-state index is 13.3. The van der Waals surface area contributed by atoms with Crippen molar-refractivity contribution in [2.45, 2.75) is 25.3 Å². The molecule has 0 aliphatic carbocycles. The van der Waals surface area contributed by atoms with Crippen molar-refractivity contribution in [3.63, 3.8) is 0 Å². The van der Waals surface area contributed by atoms with E-state index in [0.717, 1.165) is 23.1 Å². The van der Waals surface area contributed by atoms with Gasteiger partial charge in [-0.05, 0) is 36.6 Å². The number of rotatable bonds is 4. The van der Waals surface area contributed by atoms with Crippen molar-refractivity contribution in [3.8, 4) is 0 Å². The molecule has 3 nitrogen and oxygen atoms in total. The van der Waals surface area contributed by atoms with Crippen molar-refractivity contribution in [1.82, 2.24) is 10.4 Å². The normalized spacial score (nSPS) is 18.8. The first-order valence-corrected chi connectivity index (χ1v) is 7.16. The number of hydrazine groups is 1. The molecule has 5 heteroatoms. The minimum Gasteiger partial charge on any atom is -0.329 e. The molecule has 2 rings (SSSR count).